The Bertz CT molecular complexity index is 530. The van der Waals surface area contributed by atoms with Crippen molar-refractivity contribution in [3.05, 3.63) is 41.2 Å². The minimum Gasteiger partial charge on any atom is -0.332 e. The Labute approximate surface area is 125 Å². The lowest BCUT2D eigenvalue weighted by Crippen LogP contribution is -2.33. The number of aromatic nitrogens is 1. The molecule has 0 spiro atoms. The van der Waals surface area contributed by atoms with Crippen LogP contribution in [0.5, 0.6) is 0 Å². The van der Waals surface area contributed by atoms with Gasteiger partial charge in [0.1, 0.15) is 5.15 Å². The zero-order valence-electron chi connectivity index (χ0n) is 12.3. The zero-order chi connectivity index (χ0) is 14.9. The van der Waals surface area contributed by atoms with E-state index in [1.54, 1.807) is 12.1 Å². The van der Waals surface area contributed by atoms with Crippen molar-refractivity contribution in [2.45, 2.75) is 45.1 Å². The fourth-order valence-corrected chi connectivity index (χ4v) is 2.30. The van der Waals surface area contributed by atoms with Crippen molar-refractivity contribution >= 4 is 17.5 Å². The summed E-state index contributed by atoms with van der Waals surface area (Å²) in [7, 11) is 0. The van der Waals surface area contributed by atoms with Gasteiger partial charge in [0.2, 0.25) is 0 Å². The maximum atomic E-state index is 12.6. The van der Waals surface area contributed by atoms with Crippen molar-refractivity contribution in [3.63, 3.8) is 0 Å². The van der Waals surface area contributed by atoms with Crippen LogP contribution < -0.4 is 0 Å². The highest BCUT2D eigenvalue weighted by Gasteiger charge is 2.32. The summed E-state index contributed by atoms with van der Waals surface area (Å²) in [5.74, 6) is 0.0159. The third kappa shape index (κ3) is 3.40. The molecule has 1 aliphatic rings. The van der Waals surface area contributed by atoms with Crippen LogP contribution >= 0.6 is 11.6 Å². The molecule has 1 aliphatic carbocycles. The monoisotopic (exact) mass is 292 g/mol. The van der Waals surface area contributed by atoms with Crippen LogP contribution in [0, 0.1) is 0 Å². The van der Waals surface area contributed by atoms with Crippen LogP contribution in [0.3, 0.4) is 0 Å². The first-order chi connectivity index (χ1) is 9.32. The van der Waals surface area contributed by atoms with E-state index in [0.29, 0.717) is 23.3 Å². The van der Waals surface area contributed by atoms with E-state index < -0.39 is 0 Å². The summed E-state index contributed by atoms with van der Waals surface area (Å²) in [6, 6.07) is 3.86. The van der Waals surface area contributed by atoms with Crippen molar-refractivity contribution in [1.82, 2.24) is 9.88 Å². The number of rotatable bonds is 4. The molecular weight excluding hydrogens is 272 g/mol. The molecule has 1 aromatic heterocycles. The van der Waals surface area contributed by atoms with Crippen molar-refractivity contribution in [2.75, 3.05) is 6.54 Å². The van der Waals surface area contributed by atoms with E-state index in [4.69, 9.17) is 11.6 Å². The summed E-state index contributed by atoms with van der Waals surface area (Å²) in [6.07, 6.45) is 3.92. The Morgan fingerprint density at radius 1 is 1.50 bits per heavy atom. The number of pyridine rings is 1. The van der Waals surface area contributed by atoms with E-state index in [1.165, 1.54) is 0 Å². The quantitative estimate of drug-likeness (QED) is 0.624. The lowest BCUT2D eigenvalue weighted by atomic mass is 9.90. The minimum atomic E-state index is -0.136. The second-order valence-electron chi connectivity index (χ2n) is 6.29. The molecule has 0 radical (unpaired) electrons. The summed E-state index contributed by atoms with van der Waals surface area (Å²) in [5.41, 5.74) is 1.31. The minimum absolute atomic E-state index is 0.0159. The molecule has 1 amide bonds. The molecule has 108 valence electrons. The Kier molecular flexibility index (Phi) is 4.19. The standard InChI is InChI=1S/C16H21ClN2O/c1-5-8-19(12-6-7-12)15(20)11-9-13(16(2,3)4)18-14(17)10-11/h5,9-10,12H,1,6-8H2,2-4H3. The van der Waals surface area contributed by atoms with E-state index in [-0.39, 0.29) is 11.3 Å². The molecular formula is C16H21ClN2O. The van der Waals surface area contributed by atoms with E-state index in [2.05, 4.69) is 32.3 Å². The molecule has 20 heavy (non-hydrogen) atoms. The van der Waals surface area contributed by atoms with Crippen LogP contribution in [0.2, 0.25) is 5.15 Å². The highest BCUT2D eigenvalue weighted by molar-refractivity contribution is 6.29. The average molecular weight is 293 g/mol. The highest BCUT2D eigenvalue weighted by atomic mass is 35.5. The summed E-state index contributed by atoms with van der Waals surface area (Å²) in [6.45, 7) is 10.5. The van der Waals surface area contributed by atoms with Crippen molar-refractivity contribution in [3.8, 4) is 0 Å². The fourth-order valence-electron chi connectivity index (χ4n) is 2.09. The summed E-state index contributed by atoms with van der Waals surface area (Å²) in [4.78, 5) is 18.8. The molecule has 0 atom stereocenters. The van der Waals surface area contributed by atoms with Crippen LogP contribution in [-0.2, 0) is 5.41 Å². The molecule has 1 saturated carbocycles. The third-order valence-electron chi connectivity index (χ3n) is 3.38. The molecule has 0 aromatic carbocycles. The lowest BCUT2D eigenvalue weighted by molar-refractivity contribution is 0.0762. The van der Waals surface area contributed by atoms with Gasteiger partial charge in [-0.15, -0.1) is 6.58 Å². The van der Waals surface area contributed by atoms with Gasteiger partial charge in [0, 0.05) is 29.3 Å². The number of carbonyl (C=O) groups is 1. The number of nitrogens with zero attached hydrogens (tertiary/aromatic N) is 2. The largest absolute Gasteiger partial charge is 0.332 e. The smallest absolute Gasteiger partial charge is 0.254 e. The third-order valence-corrected chi connectivity index (χ3v) is 3.58. The zero-order valence-corrected chi connectivity index (χ0v) is 13.1. The molecule has 0 saturated heterocycles. The van der Waals surface area contributed by atoms with E-state index in [1.807, 2.05) is 11.0 Å². The fraction of sp³-hybridized carbons (Fsp3) is 0.500. The number of amides is 1. The van der Waals surface area contributed by atoms with Gasteiger partial charge in [-0.1, -0.05) is 38.4 Å². The van der Waals surface area contributed by atoms with Gasteiger partial charge in [-0.05, 0) is 25.0 Å². The van der Waals surface area contributed by atoms with Gasteiger partial charge in [-0.2, -0.15) is 0 Å². The Morgan fingerprint density at radius 3 is 2.65 bits per heavy atom. The Hall–Kier alpha value is -1.35. The first kappa shape index (κ1) is 15.0. The normalized spacial score (nSPS) is 15.0. The number of hydrogen-bond donors (Lipinski definition) is 0. The van der Waals surface area contributed by atoms with Gasteiger partial charge >= 0.3 is 0 Å². The van der Waals surface area contributed by atoms with Crippen LogP contribution in [-0.4, -0.2) is 28.4 Å². The summed E-state index contributed by atoms with van der Waals surface area (Å²) in [5, 5.41) is 0.370. The molecule has 1 fully saturated rings. The Morgan fingerprint density at radius 2 is 2.15 bits per heavy atom. The summed E-state index contributed by atoms with van der Waals surface area (Å²) >= 11 is 6.08. The van der Waals surface area contributed by atoms with Crippen molar-refractivity contribution < 1.29 is 4.79 Å². The first-order valence-electron chi connectivity index (χ1n) is 6.93. The highest BCUT2D eigenvalue weighted by Crippen LogP contribution is 2.29. The number of carbonyl (C=O) groups excluding carboxylic acids is 1. The molecule has 0 unspecified atom stereocenters. The molecule has 1 aromatic rings. The van der Waals surface area contributed by atoms with Gasteiger partial charge < -0.3 is 4.90 Å². The molecule has 0 bridgehead atoms. The van der Waals surface area contributed by atoms with Crippen LogP contribution in [0.1, 0.15) is 49.7 Å². The van der Waals surface area contributed by atoms with Crippen molar-refractivity contribution in [1.29, 1.82) is 0 Å². The topological polar surface area (TPSA) is 33.2 Å². The number of hydrogen-bond acceptors (Lipinski definition) is 2. The maximum absolute atomic E-state index is 12.6. The van der Waals surface area contributed by atoms with Gasteiger partial charge in [0.25, 0.3) is 5.91 Å². The first-order valence-corrected chi connectivity index (χ1v) is 7.30. The van der Waals surface area contributed by atoms with Crippen molar-refractivity contribution in [2.24, 2.45) is 0 Å². The lowest BCUT2D eigenvalue weighted by Gasteiger charge is -2.23. The maximum Gasteiger partial charge on any atom is 0.254 e. The number of halogens is 1. The van der Waals surface area contributed by atoms with Crippen LogP contribution in [0.25, 0.3) is 0 Å². The molecule has 0 aliphatic heterocycles. The van der Waals surface area contributed by atoms with Crippen LogP contribution in [0.4, 0.5) is 0 Å². The van der Waals surface area contributed by atoms with Crippen LogP contribution in [0.15, 0.2) is 24.8 Å². The molecule has 0 N–H and O–H groups in total. The second kappa shape index (κ2) is 5.57. The molecule has 1 heterocycles. The predicted molar refractivity (Wildman–Crippen MR) is 82.2 cm³/mol. The van der Waals surface area contributed by atoms with Gasteiger partial charge in [0.15, 0.2) is 0 Å². The predicted octanol–water partition coefficient (Wildman–Crippen LogP) is 3.82. The SMILES string of the molecule is C=CCN(C(=O)c1cc(Cl)nc(C(C)(C)C)c1)C1CC1. The van der Waals surface area contributed by atoms with Gasteiger partial charge in [-0.3, -0.25) is 4.79 Å². The Balaban J connectivity index is 2.33. The van der Waals surface area contributed by atoms with E-state index in [0.717, 1.165) is 18.5 Å². The van der Waals surface area contributed by atoms with E-state index >= 15 is 0 Å². The average Bonchev–Trinajstić information content (AvgIpc) is 3.17. The molecule has 2 rings (SSSR count). The second-order valence-corrected chi connectivity index (χ2v) is 6.68. The van der Waals surface area contributed by atoms with Gasteiger partial charge in [-0.25, -0.2) is 4.98 Å². The summed E-state index contributed by atoms with van der Waals surface area (Å²) < 4.78 is 0. The van der Waals surface area contributed by atoms with Gasteiger partial charge in [0.05, 0.1) is 0 Å². The van der Waals surface area contributed by atoms with E-state index in [9.17, 15) is 4.79 Å². The molecule has 4 heteroatoms. The molecule has 3 nitrogen and oxygen atoms in total.